The SMILES string of the molecule is Cc1nn(C)cc1CNC(=O)NC(C)(C)CC(=O)O. The molecule has 0 aliphatic rings. The Balaban J connectivity index is 2.48. The molecule has 0 unspecified atom stereocenters. The van der Waals surface area contributed by atoms with E-state index >= 15 is 0 Å². The molecule has 0 aliphatic carbocycles. The van der Waals surface area contributed by atoms with Gasteiger partial charge >= 0.3 is 12.0 Å². The summed E-state index contributed by atoms with van der Waals surface area (Å²) in [6, 6.07) is -0.394. The molecule has 0 aliphatic heterocycles. The minimum absolute atomic E-state index is 0.133. The van der Waals surface area contributed by atoms with Crippen molar-refractivity contribution in [2.75, 3.05) is 0 Å². The van der Waals surface area contributed by atoms with Crippen LogP contribution in [0.25, 0.3) is 0 Å². The molecule has 1 aromatic rings. The first-order valence-corrected chi connectivity index (χ1v) is 5.96. The molecule has 0 aromatic carbocycles. The molecule has 2 amide bonds. The van der Waals surface area contributed by atoms with Crippen LogP contribution in [0.3, 0.4) is 0 Å². The van der Waals surface area contributed by atoms with E-state index < -0.39 is 17.5 Å². The maximum Gasteiger partial charge on any atom is 0.315 e. The Morgan fingerprint density at radius 2 is 2.11 bits per heavy atom. The van der Waals surface area contributed by atoms with Gasteiger partial charge in [0.15, 0.2) is 0 Å². The number of carbonyl (C=O) groups excluding carboxylic acids is 1. The Kier molecular flexibility index (Phi) is 4.52. The van der Waals surface area contributed by atoms with E-state index in [1.165, 1.54) is 0 Å². The minimum Gasteiger partial charge on any atom is -0.481 e. The zero-order valence-corrected chi connectivity index (χ0v) is 11.6. The summed E-state index contributed by atoms with van der Waals surface area (Å²) >= 11 is 0. The first-order chi connectivity index (χ1) is 8.69. The van der Waals surface area contributed by atoms with E-state index in [4.69, 9.17) is 5.11 Å². The van der Waals surface area contributed by atoms with Gasteiger partial charge in [-0.15, -0.1) is 0 Å². The van der Waals surface area contributed by atoms with E-state index in [1.807, 2.05) is 20.2 Å². The highest BCUT2D eigenvalue weighted by Gasteiger charge is 2.23. The summed E-state index contributed by atoms with van der Waals surface area (Å²) in [4.78, 5) is 22.3. The van der Waals surface area contributed by atoms with Crippen LogP contribution < -0.4 is 10.6 Å². The van der Waals surface area contributed by atoms with Crippen molar-refractivity contribution in [1.29, 1.82) is 0 Å². The standard InChI is InChI=1S/C12H20N4O3/c1-8-9(7-16(4)15-8)6-13-11(19)14-12(2,3)5-10(17)18/h7H,5-6H2,1-4H3,(H,17,18)(H2,13,14,19). The zero-order valence-electron chi connectivity index (χ0n) is 11.6. The summed E-state index contributed by atoms with van der Waals surface area (Å²) < 4.78 is 1.68. The average Bonchev–Trinajstić information content (AvgIpc) is 2.51. The number of amides is 2. The predicted octanol–water partition coefficient (Wildman–Crippen LogP) is 0.781. The van der Waals surface area contributed by atoms with Gasteiger partial charge < -0.3 is 15.7 Å². The van der Waals surface area contributed by atoms with Crippen molar-refractivity contribution in [3.63, 3.8) is 0 Å². The van der Waals surface area contributed by atoms with Gasteiger partial charge in [-0.1, -0.05) is 0 Å². The second kappa shape index (κ2) is 5.73. The number of hydrogen-bond donors (Lipinski definition) is 3. The molecule has 0 saturated heterocycles. The molecule has 0 spiro atoms. The predicted molar refractivity (Wildman–Crippen MR) is 69.6 cm³/mol. The van der Waals surface area contributed by atoms with Gasteiger partial charge in [-0.05, 0) is 20.8 Å². The summed E-state index contributed by atoms with van der Waals surface area (Å²) in [6.45, 7) is 5.55. The van der Waals surface area contributed by atoms with Crippen LogP contribution in [0.2, 0.25) is 0 Å². The summed E-state index contributed by atoms with van der Waals surface area (Å²) in [6.07, 6.45) is 1.70. The molecule has 1 heterocycles. The van der Waals surface area contributed by atoms with E-state index in [0.29, 0.717) is 6.54 Å². The Morgan fingerprint density at radius 3 is 2.58 bits per heavy atom. The molecule has 0 radical (unpaired) electrons. The number of hydrogen-bond acceptors (Lipinski definition) is 3. The third kappa shape index (κ3) is 4.99. The minimum atomic E-state index is -0.951. The molecule has 0 saturated carbocycles. The maximum absolute atomic E-state index is 11.7. The lowest BCUT2D eigenvalue weighted by Gasteiger charge is -2.24. The lowest BCUT2D eigenvalue weighted by Crippen LogP contribution is -2.49. The van der Waals surface area contributed by atoms with Crippen LogP contribution in [-0.2, 0) is 18.4 Å². The lowest BCUT2D eigenvalue weighted by atomic mass is 10.0. The van der Waals surface area contributed by atoms with Gasteiger partial charge in [0.25, 0.3) is 0 Å². The van der Waals surface area contributed by atoms with Crippen molar-refractivity contribution < 1.29 is 14.7 Å². The molecule has 19 heavy (non-hydrogen) atoms. The molecule has 0 fully saturated rings. The Labute approximate surface area is 112 Å². The largest absolute Gasteiger partial charge is 0.481 e. The molecule has 3 N–H and O–H groups in total. The molecule has 1 aromatic heterocycles. The monoisotopic (exact) mass is 268 g/mol. The fraction of sp³-hybridized carbons (Fsp3) is 0.583. The number of urea groups is 1. The second-order valence-corrected chi connectivity index (χ2v) is 5.18. The number of carboxylic acids is 1. The van der Waals surface area contributed by atoms with Gasteiger partial charge in [-0.25, -0.2) is 4.79 Å². The van der Waals surface area contributed by atoms with Crippen molar-refractivity contribution in [1.82, 2.24) is 20.4 Å². The van der Waals surface area contributed by atoms with Gasteiger partial charge in [0.2, 0.25) is 0 Å². The molecule has 0 atom stereocenters. The first kappa shape index (κ1) is 15.0. The highest BCUT2D eigenvalue weighted by Crippen LogP contribution is 2.08. The van der Waals surface area contributed by atoms with Crippen LogP contribution in [0.5, 0.6) is 0 Å². The normalized spacial score (nSPS) is 11.2. The van der Waals surface area contributed by atoms with E-state index in [-0.39, 0.29) is 6.42 Å². The molecule has 7 heteroatoms. The zero-order chi connectivity index (χ0) is 14.6. The van der Waals surface area contributed by atoms with Crippen molar-refractivity contribution in [2.24, 2.45) is 7.05 Å². The number of rotatable bonds is 5. The van der Waals surface area contributed by atoms with Crippen molar-refractivity contribution in [3.05, 3.63) is 17.5 Å². The van der Waals surface area contributed by atoms with Gasteiger partial charge in [0.1, 0.15) is 0 Å². The molecule has 0 bridgehead atoms. The third-order valence-corrected chi connectivity index (χ3v) is 2.60. The number of nitrogens with zero attached hydrogens (tertiary/aromatic N) is 2. The van der Waals surface area contributed by atoms with Gasteiger partial charge in [-0.3, -0.25) is 9.48 Å². The second-order valence-electron chi connectivity index (χ2n) is 5.18. The molecular formula is C12H20N4O3. The van der Waals surface area contributed by atoms with E-state index in [0.717, 1.165) is 11.3 Å². The van der Waals surface area contributed by atoms with Crippen molar-refractivity contribution in [3.8, 4) is 0 Å². The van der Waals surface area contributed by atoms with Crippen LogP contribution in [0, 0.1) is 6.92 Å². The van der Waals surface area contributed by atoms with E-state index in [9.17, 15) is 9.59 Å². The fourth-order valence-corrected chi connectivity index (χ4v) is 1.77. The summed E-state index contributed by atoms with van der Waals surface area (Å²) in [5.74, 6) is -0.951. The number of aryl methyl sites for hydroxylation is 2. The first-order valence-electron chi connectivity index (χ1n) is 5.96. The molecular weight excluding hydrogens is 248 g/mol. The average molecular weight is 268 g/mol. The van der Waals surface area contributed by atoms with Gasteiger partial charge in [0, 0.05) is 30.9 Å². The van der Waals surface area contributed by atoms with Gasteiger partial charge in [0.05, 0.1) is 12.1 Å². The van der Waals surface area contributed by atoms with Crippen LogP contribution in [0.15, 0.2) is 6.20 Å². The van der Waals surface area contributed by atoms with Crippen LogP contribution in [0.4, 0.5) is 4.79 Å². The number of carboxylic acid groups (broad SMARTS) is 1. The highest BCUT2D eigenvalue weighted by molar-refractivity contribution is 5.76. The fourth-order valence-electron chi connectivity index (χ4n) is 1.77. The number of aromatic nitrogens is 2. The smallest absolute Gasteiger partial charge is 0.315 e. The number of carbonyl (C=O) groups is 2. The Hall–Kier alpha value is -2.05. The highest BCUT2D eigenvalue weighted by atomic mass is 16.4. The molecule has 1 rings (SSSR count). The van der Waals surface area contributed by atoms with Gasteiger partial charge in [-0.2, -0.15) is 5.10 Å². The van der Waals surface area contributed by atoms with Crippen LogP contribution >= 0.6 is 0 Å². The number of aliphatic carboxylic acids is 1. The third-order valence-electron chi connectivity index (χ3n) is 2.60. The Bertz CT molecular complexity index is 479. The van der Waals surface area contributed by atoms with Crippen molar-refractivity contribution >= 4 is 12.0 Å². The van der Waals surface area contributed by atoms with Crippen LogP contribution in [-0.4, -0.2) is 32.4 Å². The topological polar surface area (TPSA) is 96.3 Å². The Morgan fingerprint density at radius 1 is 1.47 bits per heavy atom. The molecule has 7 nitrogen and oxygen atoms in total. The van der Waals surface area contributed by atoms with E-state index in [2.05, 4.69) is 15.7 Å². The summed E-state index contributed by atoms with van der Waals surface area (Å²) in [5, 5.41) is 18.2. The van der Waals surface area contributed by atoms with Crippen molar-refractivity contribution in [2.45, 2.75) is 39.3 Å². The quantitative estimate of drug-likeness (QED) is 0.735. The summed E-state index contributed by atoms with van der Waals surface area (Å²) in [7, 11) is 1.81. The van der Waals surface area contributed by atoms with Crippen LogP contribution in [0.1, 0.15) is 31.5 Å². The molecule has 106 valence electrons. The maximum atomic E-state index is 11.7. The summed E-state index contributed by atoms with van der Waals surface area (Å²) in [5.41, 5.74) is 0.987. The van der Waals surface area contributed by atoms with E-state index in [1.54, 1.807) is 18.5 Å². The number of nitrogens with one attached hydrogen (secondary N) is 2. The lowest BCUT2D eigenvalue weighted by molar-refractivity contribution is -0.138.